The van der Waals surface area contributed by atoms with Crippen LogP contribution in [0.25, 0.3) is 0 Å². The van der Waals surface area contributed by atoms with Crippen LogP contribution in [0.3, 0.4) is 0 Å². The molecule has 0 amide bonds. The maximum absolute atomic E-state index is 10.3. The van der Waals surface area contributed by atoms with Gasteiger partial charge in [0, 0.05) is 18.4 Å². The number of phenolic OH excluding ortho intramolecular Hbond substituents is 1. The molecule has 0 aliphatic rings. The zero-order chi connectivity index (χ0) is 21.2. The predicted octanol–water partition coefficient (Wildman–Crippen LogP) is 5.65. The fourth-order valence-electron chi connectivity index (χ4n) is 3.17. The predicted molar refractivity (Wildman–Crippen MR) is 125 cm³/mol. The molecule has 6 heteroatoms. The van der Waals surface area contributed by atoms with Gasteiger partial charge in [-0.2, -0.15) is 0 Å². The number of benzene rings is 3. The Morgan fingerprint density at radius 3 is 2.31 bits per heavy atom. The van der Waals surface area contributed by atoms with E-state index in [0.29, 0.717) is 14.3 Å². The summed E-state index contributed by atoms with van der Waals surface area (Å²) in [7, 11) is 12.4. The van der Waals surface area contributed by atoms with Gasteiger partial charge in [0.15, 0.2) is 0 Å². The van der Waals surface area contributed by atoms with Gasteiger partial charge in [0.25, 0.3) is 0 Å². The molecule has 152 valence electrons. The summed E-state index contributed by atoms with van der Waals surface area (Å²) in [5, 5.41) is 12.6. The minimum atomic E-state index is -0.556. The summed E-state index contributed by atoms with van der Waals surface area (Å²) < 4.78 is 0. The Morgan fingerprint density at radius 1 is 0.931 bits per heavy atom. The number of halogens is 2. The monoisotopic (exact) mass is 481 g/mol. The van der Waals surface area contributed by atoms with E-state index in [9.17, 15) is 5.11 Å². The third kappa shape index (κ3) is 8.06. The fourth-order valence-corrected chi connectivity index (χ4v) is 4.55. The van der Waals surface area contributed by atoms with Gasteiger partial charge in [0.05, 0.1) is 0 Å². The van der Waals surface area contributed by atoms with Gasteiger partial charge in [-0.05, 0) is 55.0 Å². The van der Waals surface area contributed by atoms with Crippen molar-refractivity contribution in [2.24, 2.45) is 0 Å². The van der Waals surface area contributed by atoms with Gasteiger partial charge in [-0.15, -0.1) is 0 Å². The Kier molecular flexibility index (Phi) is 10.7. The van der Waals surface area contributed by atoms with E-state index in [1.54, 1.807) is 6.07 Å². The van der Waals surface area contributed by atoms with Crippen molar-refractivity contribution in [2.75, 3.05) is 7.05 Å². The van der Waals surface area contributed by atoms with Crippen LogP contribution < -0.4 is 10.6 Å². The molecule has 1 N–H and O–H groups in total. The first-order valence-corrected chi connectivity index (χ1v) is 14.6. The second-order valence-corrected chi connectivity index (χ2v) is 10.9. The summed E-state index contributed by atoms with van der Waals surface area (Å²) in [5.41, 5.74) is 5.13. The normalized spacial score (nSPS) is 10.8. The molecule has 29 heavy (non-hydrogen) atoms. The van der Waals surface area contributed by atoms with E-state index < -0.39 is 17.0 Å². The van der Waals surface area contributed by atoms with Crippen LogP contribution in [0.4, 0.5) is 0 Å². The van der Waals surface area contributed by atoms with Crippen molar-refractivity contribution >= 4 is 37.8 Å². The van der Waals surface area contributed by atoms with Crippen molar-refractivity contribution in [3.63, 3.8) is 0 Å². The summed E-state index contributed by atoms with van der Waals surface area (Å²) in [5.74, 6) is 0.390. The fraction of sp³-hybridized carbons (Fsp3) is 0.217. The number of aromatic hydroxyl groups is 1. The van der Waals surface area contributed by atoms with Gasteiger partial charge in [-0.25, -0.2) is 0 Å². The minimum absolute atomic E-state index is 0.390. The van der Waals surface area contributed by atoms with Crippen LogP contribution in [0.5, 0.6) is 5.75 Å². The van der Waals surface area contributed by atoms with E-state index in [2.05, 4.69) is 80.4 Å². The van der Waals surface area contributed by atoms with Crippen LogP contribution >= 0.6 is 27.2 Å². The molecule has 0 radical (unpaired) electrons. The Hall–Kier alpha value is -0.856. The molecule has 3 aromatic rings. The average Bonchev–Trinajstić information content (AvgIpc) is 2.68. The van der Waals surface area contributed by atoms with Crippen LogP contribution in [0.2, 0.25) is 0 Å². The Morgan fingerprint density at radius 2 is 1.62 bits per heavy atom. The Bertz CT molecular complexity index is 909. The summed E-state index contributed by atoms with van der Waals surface area (Å²) in [4.78, 5) is 2.34. The molecule has 0 saturated carbocycles. The second-order valence-electron chi connectivity index (χ2n) is 6.98. The second kappa shape index (κ2) is 12.8. The molecule has 1 unspecified atom stereocenters. The zero-order valence-electron chi connectivity index (χ0n) is 16.9. The van der Waals surface area contributed by atoms with Crippen LogP contribution in [-0.4, -0.2) is 17.1 Å². The molecular weight excluding hydrogens is 456 g/mol. The molecule has 0 saturated heterocycles. The van der Waals surface area contributed by atoms with E-state index >= 15 is 0 Å². The molecule has 2 nitrogen and oxygen atoms in total. The topological polar surface area (TPSA) is 23.5 Å². The molecule has 0 aliphatic carbocycles. The first-order valence-electron chi connectivity index (χ1n) is 9.28. The number of hydrogen-bond donors (Lipinski definition) is 1. The zero-order valence-corrected chi connectivity index (χ0v) is 21.0. The van der Waals surface area contributed by atoms with Crippen LogP contribution in [0, 0.1) is 13.8 Å². The summed E-state index contributed by atoms with van der Waals surface area (Å²) >= 11 is -0.556. The van der Waals surface area contributed by atoms with Gasteiger partial charge in [0.1, 0.15) is 5.75 Å². The number of phenols is 1. The quantitative estimate of drug-likeness (QED) is 0.363. The van der Waals surface area contributed by atoms with Crippen LogP contribution in [0.1, 0.15) is 22.3 Å². The molecule has 3 aromatic carbocycles. The van der Waals surface area contributed by atoms with Crippen molar-refractivity contribution in [3.05, 3.63) is 89.0 Å². The average molecular weight is 482 g/mol. The summed E-state index contributed by atoms with van der Waals surface area (Å²) in [6.07, 6.45) is 0. The molecular formula is C23H26Cl2NOPTi. The van der Waals surface area contributed by atoms with E-state index in [0.717, 1.165) is 18.4 Å². The van der Waals surface area contributed by atoms with Crippen molar-refractivity contribution in [1.29, 1.82) is 0 Å². The molecule has 0 heterocycles. The molecule has 3 rings (SSSR count). The Balaban J connectivity index is 0.000000941. The van der Waals surface area contributed by atoms with Crippen molar-refractivity contribution in [3.8, 4) is 5.75 Å². The molecule has 0 spiro atoms. The first kappa shape index (κ1) is 24.4. The van der Waals surface area contributed by atoms with Crippen molar-refractivity contribution in [2.45, 2.75) is 26.9 Å². The first-order chi connectivity index (χ1) is 13.9. The van der Waals surface area contributed by atoms with E-state index in [1.807, 2.05) is 6.07 Å². The molecule has 0 aliphatic heterocycles. The number of aryl methyl sites for hydroxylation is 2. The van der Waals surface area contributed by atoms with Crippen molar-refractivity contribution in [1.82, 2.24) is 4.90 Å². The SMILES string of the molecule is Cc1ccc(O)c(Pc2c(C)cccc2CN(C)Cc2ccccc2)c1.[Cl][Ti][Cl]. The summed E-state index contributed by atoms with van der Waals surface area (Å²) in [6.45, 7) is 6.05. The third-order valence-electron chi connectivity index (χ3n) is 4.51. The number of hydrogen-bond acceptors (Lipinski definition) is 2. The van der Waals surface area contributed by atoms with Gasteiger partial charge >= 0.3 is 35.6 Å². The van der Waals surface area contributed by atoms with E-state index in [4.69, 9.17) is 18.6 Å². The third-order valence-corrected chi connectivity index (χ3v) is 6.14. The van der Waals surface area contributed by atoms with Crippen LogP contribution in [0.15, 0.2) is 66.7 Å². The van der Waals surface area contributed by atoms with E-state index in [1.165, 1.54) is 27.6 Å². The Labute approximate surface area is 192 Å². The summed E-state index contributed by atoms with van der Waals surface area (Å²) in [6, 6.07) is 22.9. The van der Waals surface area contributed by atoms with Gasteiger partial charge in [0.2, 0.25) is 0 Å². The van der Waals surface area contributed by atoms with Crippen LogP contribution in [-0.2, 0) is 30.1 Å². The molecule has 0 aromatic heterocycles. The number of rotatable bonds is 6. The molecule has 0 bridgehead atoms. The number of nitrogens with zero attached hydrogens (tertiary/aromatic N) is 1. The molecule has 0 fully saturated rings. The van der Waals surface area contributed by atoms with E-state index in [-0.39, 0.29) is 0 Å². The maximum atomic E-state index is 10.3. The van der Waals surface area contributed by atoms with Gasteiger partial charge in [-0.1, -0.05) is 68.7 Å². The standard InChI is InChI=1S/C23H26NOP.2ClH.Ti/c1-17-12-13-21(25)22(14-17)26-23-18(2)8-7-11-20(23)16-24(3)15-19-9-5-4-6-10-19;;;/h4-14,25-26H,15-16H2,1-3H3;2*1H;/q;;;+2/p-2. The molecule has 1 atom stereocenters. The van der Waals surface area contributed by atoms with Gasteiger partial charge < -0.3 is 5.11 Å². The van der Waals surface area contributed by atoms with Crippen molar-refractivity contribution < 1.29 is 22.1 Å². The van der Waals surface area contributed by atoms with Gasteiger partial charge in [-0.3, -0.25) is 4.90 Å².